The molecule has 0 amide bonds. The average molecular weight is 386 g/mol. The molecule has 1 saturated heterocycles. The number of aryl methyl sites for hydroxylation is 1. The van der Waals surface area contributed by atoms with E-state index in [1.165, 1.54) is 22.9 Å². The molecule has 0 radical (unpaired) electrons. The standard InChI is InChI=1S/C16H21F3N6S/c1-20-15(21-10-12-11-23(2)22-14(12)16(17,18)19)25-7-5-24(6-8-25)13-4-3-9-26-13/h3-4,9,11H,5-8,10H2,1-2H3,(H,20,21). The van der Waals surface area contributed by atoms with Crippen LogP contribution in [-0.4, -0.2) is 53.9 Å². The fourth-order valence-corrected chi connectivity index (χ4v) is 3.79. The Balaban J connectivity index is 1.60. The summed E-state index contributed by atoms with van der Waals surface area (Å²) in [6.45, 7) is 3.25. The van der Waals surface area contributed by atoms with Crippen molar-refractivity contribution in [2.45, 2.75) is 12.7 Å². The van der Waals surface area contributed by atoms with Crippen molar-refractivity contribution in [2.75, 3.05) is 38.1 Å². The van der Waals surface area contributed by atoms with E-state index in [0.717, 1.165) is 26.2 Å². The normalized spacial score (nSPS) is 16.3. The Morgan fingerprint density at radius 2 is 2.04 bits per heavy atom. The van der Waals surface area contributed by atoms with Gasteiger partial charge in [-0.3, -0.25) is 9.67 Å². The van der Waals surface area contributed by atoms with Gasteiger partial charge in [-0.25, -0.2) is 0 Å². The Bertz CT molecular complexity index is 745. The predicted molar refractivity (Wildman–Crippen MR) is 96.5 cm³/mol. The van der Waals surface area contributed by atoms with Crippen molar-refractivity contribution >= 4 is 22.3 Å². The van der Waals surface area contributed by atoms with Crippen molar-refractivity contribution in [3.63, 3.8) is 0 Å². The van der Waals surface area contributed by atoms with Gasteiger partial charge in [-0.2, -0.15) is 18.3 Å². The van der Waals surface area contributed by atoms with E-state index in [9.17, 15) is 13.2 Å². The van der Waals surface area contributed by atoms with Crippen molar-refractivity contribution in [1.29, 1.82) is 0 Å². The largest absolute Gasteiger partial charge is 0.435 e. The molecule has 0 unspecified atom stereocenters. The molecule has 0 aromatic carbocycles. The van der Waals surface area contributed by atoms with Gasteiger partial charge in [-0.1, -0.05) is 0 Å². The molecule has 1 fully saturated rings. The van der Waals surface area contributed by atoms with Gasteiger partial charge in [0.1, 0.15) is 0 Å². The molecule has 6 nitrogen and oxygen atoms in total. The molecule has 0 bridgehead atoms. The smallest absolute Gasteiger partial charge is 0.360 e. The monoisotopic (exact) mass is 386 g/mol. The molecule has 10 heteroatoms. The minimum atomic E-state index is -4.46. The quantitative estimate of drug-likeness (QED) is 0.650. The second kappa shape index (κ2) is 7.56. The number of alkyl halides is 3. The van der Waals surface area contributed by atoms with Crippen LogP contribution in [-0.2, 0) is 19.8 Å². The van der Waals surface area contributed by atoms with Crippen LogP contribution < -0.4 is 10.2 Å². The van der Waals surface area contributed by atoms with E-state index in [2.05, 4.69) is 31.3 Å². The van der Waals surface area contributed by atoms with Crippen LogP contribution in [0.25, 0.3) is 0 Å². The van der Waals surface area contributed by atoms with Gasteiger partial charge in [0, 0.05) is 58.6 Å². The summed E-state index contributed by atoms with van der Waals surface area (Å²) in [5.41, 5.74) is -0.746. The lowest BCUT2D eigenvalue weighted by molar-refractivity contribution is -0.142. The van der Waals surface area contributed by atoms with Crippen molar-refractivity contribution < 1.29 is 13.2 Å². The highest BCUT2D eigenvalue weighted by molar-refractivity contribution is 7.14. The first-order valence-electron chi connectivity index (χ1n) is 8.22. The maximum absolute atomic E-state index is 13.1. The van der Waals surface area contributed by atoms with Crippen LogP contribution >= 0.6 is 11.3 Å². The summed E-state index contributed by atoms with van der Waals surface area (Å²) >= 11 is 1.70. The second-order valence-electron chi connectivity index (χ2n) is 6.00. The molecular formula is C16H21F3N6S. The minimum Gasteiger partial charge on any atom is -0.360 e. The van der Waals surface area contributed by atoms with Crippen LogP contribution in [0, 0.1) is 0 Å². The molecule has 1 aliphatic rings. The van der Waals surface area contributed by atoms with E-state index in [1.54, 1.807) is 18.4 Å². The number of guanidine groups is 1. The lowest BCUT2D eigenvalue weighted by Gasteiger charge is -2.37. The number of thiophene rings is 1. The first-order valence-corrected chi connectivity index (χ1v) is 9.10. The van der Waals surface area contributed by atoms with Gasteiger partial charge in [-0.05, 0) is 17.5 Å². The molecule has 2 aromatic rings. The van der Waals surface area contributed by atoms with Crippen molar-refractivity contribution in [3.05, 3.63) is 35.0 Å². The maximum atomic E-state index is 13.1. The Hall–Kier alpha value is -2.23. The highest BCUT2D eigenvalue weighted by atomic mass is 32.1. The Morgan fingerprint density at radius 3 is 2.62 bits per heavy atom. The Labute approximate surface area is 153 Å². The number of aromatic nitrogens is 2. The molecule has 3 heterocycles. The van der Waals surface area contributed by atoms with Crippen molar-refractivity contribution in [1.82, 2.24) is 20.0 Å². The molecule has 26 heavy (non-hydrogen) atoms. The van der Waals surface area contributed by atoms with Crippen LogP contribution in [0.1, 0.15) is 11.3 Å². The van der Waals surface area contributed by atoms with E-state index in [-0.39, 0.29) is 12.1 Å². The number of aliphatic imine (C=N–C) groups is 1. The summed E-state index contributed by atoms with van der Waals surface area (Å²) in [5, 5.41) is 9.85. The third-order valence-corrected chi connectivity index (χ3v) is 5.15. The molecule has 0 aliphatic carbocycles. The lowest BCUT2D eigenvalue weighted by Crippen LogP contribution is -2.52. The van der Waals surface area contributed by atoms with Gasteiger partial charge in [0.15, 0.2) is 11.7 Å². The summed E-state index contributed by atoms with van der Waals surface area (Å²) in [6, 6.07) is 4.12. The topological polar surface area (TPSA) is 48.7 Å². The molecule has 3 rings (SSSR count). The zero-order chi connectivity index (χ0) is 18.7. The molecule has 1 aliphatic heterocycles. The van der Waals surface area contributed by atoms with Crippen LogP contribution in [0.3, 0.4) is 0 Å². The minimum absolute atomic E-state index is 0.0283. The van der Waals surface area contributed by atoms with Gasteiger partial charge >= 0.3 is 6.18 Å². The zero-order valence-electron chi connectivity index (χ0n) is 14.6. The molecule has 142 valence electrons. The fourth-order valence-electron chi connectivity index (χ4n) is 3.00. The summed E-state index contributed by atoms with van der Waals surface area (Å²) in [7, 11) is 3.12. The number of rotatable bonds is 3. The lowest BCUT2D eigenvalue weighted by atomic mass is 10.2. The highest BCUT2D eigenvalue weighted by Crippen LogP contribution is 2.30. The number of anilines is 1. The SMILES string of the molecule is CN=C(NCc1cn(C)nc1C(F)(F)F)N1CCN(c2cccs2)CC1. The van der Waals surface area contributed by atoms with Crippen molar-refractivity contribution in [2.24, 2.45) is 12.0 Å². The summed E-state index contributed by atoms with van der Waals surface area (Å²) in [5.74, 6) is 0.604. The zero-order valence-corrected chi connectivity index (χ0v) is 15.4. The van der Waals surface area contributed by atoms with E-state index < -0.39 is 11.9 Å². The van der Waals surface area contributed by atoms with Gasteiger partial charge in [0.05, 0.1) is 5.00 Å². The molecule has 0 saturated carbocycles. The molecular weight excluding hydrogens is 365 g/mol. The molecule has 0 spiro atoms. The average Bonchev–Trinajstić information content (AvgIpc) is 3.25. The number of nitrogens with zero attached hydrogens (tertiary/aromatic N) is 5. The van der Waals surface area contributed by atoms with Gasteiger partial charge < -0.3 is 15.1 Å². The maximum Gasteiger partial charge on any atom is 0.435 e. The van der Waals surface area contributed by atoms with E-state index >= 15 is 0 Å². The van der Waals surface area contributed by atoms with Crippen LogP contribution in [0.2, 0.25) is 0 Å². The highest BCUT2D eigenvalue weighted by Gasteiger charge is 2.36. The van der Waals surface area contributed by atoms with E-state index in [1.807, 2.05) is 11.4 Å². The number of piperazine rings is 1. The number of nitrogens with one attached hydrogen (secondary N) is 1. The molecule has 2 aromatic heterocycles. The Kier molecular flexibility index (Phi) is 5.40. The van der Waals surface area contributed by atoms with E-state index in [0.29, 0.717) is 5.96 Å². The number of hydrogen-bond donors (Lipinski definition) is 1. The van der Waals surface area contributed by atoms with Gasteiger partial charge in [0.2, 0.25) is 0 Å². The third-order valence-electron chi connectivity index (χ3n) is 4.22. The van der Waals surface area contributed by atoms with Crippen LogP contribution in [0.4, 0.5) is 18.2 Å². The van der Waals surface area contributed by atoms with Gasteiger partial charge in [-0.15, -0.1) is 11.3 Å². The molecule has 0 atom stereocenters. The fraction of sp³-hybridized carbons (Fsp3) is 0.500. The summed E-state index contributed by atoms with van der Waals surface area (Å²) < 4.78 is 40.3. The summed E-state index contributed by atoms with van der Waals surface area (Å²) in [4.78, 5) is 8.59. The first-order chi connectivity index (χ1) is 12.4. The first kappa shape index (κ1) is 18.6. The summed E-state index contributed by atoms with van der Waals surface area (Å²) in [6.07, 6.45) is -3.08. The van der Waals surface area contributed by atoms with Crippen LogP contribution in [0.5, 0.6) is 0 Å². The second-order valence-corrected chi connectivity index (χ2v) is 6.93. The number of hydrogen-bond acceptors (Lipinski definition) is 4. The Morgan fingerprint density at radius 1 is 1.31 bits per heavy atom. The van der Waals surface area contributed by atoms with E-state index in [4.69, 9.17) is 0 Å². The third kappa shape index (κ3) is 4.12. The van der Waals surface area contributed by atoms with Crippen molar-refractivity contribution in [3.8, 4) is 0 Å². The number of halogens is 3. The van der Waals surface area contributed by atoms with Gasteiger partial charge in [0.25, 0.3) is 0 Å². The predicted octanol–water partition coefficient (Wildman–Crippen LogP) is 2.40. The molecule has 1 N–H and O–H groups in total. The van der Waals surface area contributed by atoms with Crippen LogP contribution in [0.15, 0.2) is 28.7 Å².